The quantitative estimate of drug-likeness (QED) is 0.725. The molecular formula is C20H26N6O3. The number of rotatable bonds is 4. The summed E-state index contributed by atoms with van der Waals surface area (Å²) in [7, 11) is 1.87. The van der Waals surface area contributed by atoms with E-state index in [4.69, 9.17) is 15.2 Å². The molecule has 3 aromatic rings. The number of carbonyl (C=O) groups is 1. The van der Waals surface area contributed by atoms with E-state index in [0.717, 1.165) is 23.3 Å². The van der Waals surface area contributed by atoms with Crippen LogP contribution in [-0.4, -0.2) is 55.0 Å². The average Bonchev–Trinajstić information content (AvgIpc) is 3.13. The largest absolute Gasteiger partial charge is 0.487 e. The van der Waals surface area contributed by atoms with Crippen molar-refractivity contribution in [1.82, 2.24) is 24.1 Å². The number of hydrogen-bond acceptors (Lipinski definition) is 6. The van der Waals surface area contributed by atoms with Gasteiger partial charge in [0, 0.05) is 25.4 Å². The van der Waals surface area contributed by atoms with Crippen molar-refractivity contribution in [1.29, 1.82) is 0 Å². The molecule has 9 heteroatoms. The molecule has 3 aromatic heterocycles. The molecule has 0 bridgehead atoms. The minimum Gasteiger partial charge on any atom is -0.487 e. The highest BCUT2D eigenvalue weighted by Crippen LogP contribution is 2.31. The lowest BCUT2D eigenvalue weighted by atomic mass is 10.1. The lowest BCUT2D eigenvalue weighted by molar-refractivity contribution is -0.0141. The van der Waals surface area contributed by atoms with E-state index in [2.05, 4.69) is 10.1 Å². The number of imidazole rings is 1. The molecular weight excluding hydrogens is 372 g/mol. The summed E-state index contributed by atoms with van der Waals surface area (Å²) >= 11 is 0. The molecule has 29 heavy (non-hydrogen) atoms. The maximum atomic E-state index is 12.3. The molecule has 0 saturated carbocycles. The zero-order chi connectivity index (χ0) is 20.8. The number of nitrogens with zero attached hydrogens (tertiary/aromatic N) is 5. The van der Waals surface area contributed by atoms with Crippen molar-refractivity contribution in [3.8, 4) is 17.0 Å². The molecule has 1 fully saturated rings. The Morgan fingerprint density at radius 1 is 1.31 bits per heavy atom. The van der Waals surface area contributed by atoms with Crippen molar-refractivity contribution in [2.24, 2.45) is 7.05 Å². The van der Waals surface area contributed by atoms with Gasteiger partial charge in [-0.15, -0.1) is 0 Å². The fraction of sp³-hybridized carbons (Fsp3) is 0.450. The maximum absolute atomic E-state index is 12.3. The van der Waals surface area contributed by atoms with E-state index in [9.17, 15) is 4.79 Å². The lowest BCUT2D eigenvalue weighted by Crippen LogP contribution is -2.55. The molecule has 2 N–H and O–H groups in total. The van der Waals surface area contributed by atoms with Crippen LogP contribution in [0.3, 0.4) is 0 Å². The predicted octanol–water partition coefficient (Wildman–Crippen LogP) is 2.71. The third-order valence-electron chi connectivity index (χ3n) is 4.85. The first-order valence-corrected chi connectivity index (χ1v) is 9.60. The second kappa shape index (κ2) is 6.98. The van der Waals surface area contributed by atoms with Gasteiger partial charge in [-0.2, -0.15) is 5.10 Å². The number of nitrogen functional groups attached to an aromatic ring is 1. The molecule has 0 aromatic carbocycles. The number of carbonyl (C=O) groups excluding carboxylic acids is 1. The van der Waals surface area contributed by atoms with Crippen LogP contribution < -0.4 is 10.5 Å². The molecule has 4 rings (SSSR count). The number of amides is 1. The molecule has 154 valence electrons. The van der Waals surface area contributed by atoms with Crippen LogP contribution in [0.15, 0.2) is 30.7 Å². The van der Waals surface area contributed by atoms with Crippen LogP contribution in [-0.2, 0) is 11.8 Å². The number of aryl methyl sites for hydroxylation is 1. The highest BCUT2D eigenvalue weighted by Gasteiger charge is 2.36. The molecule has 1 amide bonds. The van der Waals surface area contributed by atoms with Gasteiger partial charge in [0.05, 0.1) is 18.4 Å². The van der Waals surface area contributed by atoms with E-state index in [1.54, 1.807) is 22.0 Å². The zero-order valence-electron chi connectivity index (χ0n) is 17.1. The van der Waals surface area contributed by atoms with E-state index in [1.807, 2.05) is 50.5 Å². The van der Waals surface area contributed by atoms with Crippen molar-refractivity contribution in [3.05, 3.63) is 30.7 Å². The number of hydrogen-bond donors (Lipinski definition) is 1. The van der Waals surface area contributed by atoms with E-state index >= 15 is 0 Å². The Hall–Kier alpha value is -3.23. The molecule has 0 spiro atoms. The summed E-state index contributed by atoms with van der Waals surface area (Å²) in [5.41, 5.74) is 7.83. The first-order chi connectivity index (χ1) is 13.7. The molecule has 1 aliphatic rings. The topological polar surface area (TPSA) is 99.9 Å². The highest BCUT2D eigenvalue weighted by atomic mass is 16.6. The van der Waals surface area contributed by atoms with Gasteiger partial charge in [0.15, 0.2) is 5.75 Å². The Bertz CT molecular complexity index is 1050. The summed E-state index contributed by atoms with van der Waals surface area (Å²) in [6.07, 6.45) is 5.99. The predicted molar refractivity (Wildman–Crippen MR) is 109 cm³/mol. The van der Waals surface area contributed by atoms with Gasteiger partial charge in [-0.1, -0.05) is 0 Å². The molecule has 1 atom stereocenters. The van der Waals surface area contributed by atoms with Gasteiger partial charge in [-0.05, 0) is 39.3 Å². The molecule has 9 nitrogen and oxygen atoms in total. The molecule has 4 heterocycles. The molecule has 0 aliphatic carbocycles. The molecule has 0 unspecified atom stereocenters. The molecule has 1 saturated heterocycles. The fourth-order valence-corrected chi connectivity index (χ4v) is 3.36. The lowest BCUT2D eigenvalue weighted by Gasteiger charge is -2.40. The van der Waals surface area contributed by atoms with E-state index in [1.165, 1.54) is 0 Å². The second-order valence-electron chi connectivity index (χ2n) is 8.26. The van der Waals surface area contributed by atoms with Crippen LogP contribution in [0.25, 0.3) is 16.9 Å². The van der Waals surface area contributed by atoms with Crippen LogP contribution in [0.4, 0.5) is 10.6 Å². The van der Waals surface area contributed by atoms with Crippen LogP contribution in [0.5, 0.6) is 5.75 Å². The summed E-state index contributed by atoms with van der Waals surface area (Å²) < 4.78 is 15.2. The zero-order valence-corrected chi connectivity index (χ0v) is 17.1. The van der Waals surface area contributed by atoms with Crippen molar-refractivity contribution >= 4 is 17.6 Å². The maximum Gasteiger partial charge on any atom is 0.410 e. The number of anilines is 1. The van der Waals surface area contributed by atoms with Crippen LogP contribution >= 0.6 is 0 Å². The number of aromatic nitrogens is 4. The number of pyridine rings is 1. The second-order valence-corrected chi connectivity index (χ2v) is 8.26. The van der Waals surface area contributed by atoms with Gasteiger partial charge in [0.25, 0.3) is 0 Å². The first-order valence-electron chi connectivity index (χ1n) is 9.60. The van der Waals surface area contributed by atoms with Crippen LogP contribution in [0.2, 0.25) is 0 Å². The van der Waals surface area contributed by atoms with Gasteiger partial charge >= 0.3 is 6.09 Å². The highest BCUT2D eigenvalue weighted by molar-refractivity contribution is 5.70. The average molecular weight is 398 g/mol. The summed E-state index contributed by atoms with van der Waals surface area (Å²) in [5, 5.41) is 4.34. The summed E-state index contributed by atoms with van der Waals surface area (Å²) in [6.45, 7) is 6.66. The Morgan fingerprint density at radius 2 is 2.10 bits per heavy atom. The van der Waals surface area contributed by atoms with Crippen LogP contribution in [0, 0.1) is 0 Å². The fourth-order valence-electron chi connectivity index (χ4n) is 3.36. The Balaban J connectivity index is 1.48. The van der Waals surface area contributed by atoms with E-state index in [-0.39, 0.29) is 12.1 Å². The standard InChI is InChI=1S/C20H26N6O3/c1-20(2,3)29-19(27)26-8-7-14(26)12-28-15-9-22-24(4)18(15)13-5-6-17-23-16(21)11-25(17)10-13/h5-6,9-11,14H,7-8,12,21H2,1-4H3/t14-/m1/s1. The van der Waals surface area contributed by atoms with Crippen LogP contribution in [0.1, 0.15) is 27.2 Å². The molecule has 1 aliphatic heterocycles. The number of ether oxygens (including phenoxy) is 2. The monoisotopic (exact) mass is 398 g/mol. The number of nitrogens with two attached hydrogens (primary N) is 1. The van der Waals surface area contributed by atoms with Gasteiger partial charge < -0.3 is 24.5 Å². The minimum atomic E-state index is -0.510. The van der Waals surface area contributed by atoms with Gasteiger partial charge in [0.1, 0.15) is 29.4 Å². The van der Waals surface area contributed by atoms with Crippen molar-refractivity contribution in [3.63, 3.8) is 0 Å². The third kappa shape index (κ3) is 3.85. The Morgan fingerprint density at radius 3 is 2.79 bits per heavy atom. The Kier molecular flexibility index (Phi) is 4.60. The SMILES string of the molecule is Cn1ncc(OC[C@H]2CCN2C(=O)OC(C)(C)C)c1-c1ccc2nc(N)cn2c1. The van der Waals surface area contributed by atoms with Crippen molar-refractivity contribution < 1.29 is 14.3 Å². The first kappa shape index (κ1) is 19.1. The smallest absolute Gasteiger partial charge is 0.410 e. The van der Waals surface area contributed by atoms with Gasteiger partial charge in [0.2, 0.25) is 0 Å². The summed E-state index contributed by atoms with van der Waals surface area (Å²) in [5.74, 6) is 1.13. The normalized spacial score (nSPS) is 16.7. The minimum absolute atomic E-state index is 0.00571. The van der Waals surface area contributed by atoms with E-state index < -0.39 is 5.60 Å². The van der Waals surface area contributed by atoms with Gasteiger partial charge in [-0.25, -0.2) is 9.78 Å². The Labute approximate surface area is 169 Å². The summed E-state index contributed by atoms with van der Waals surface area (Å²) in [6, 6.07) is 3.86. The summed E-state index contributed by atoms with van der Waals surface area (Å²) in [4.78, 5) is 18.3. The van der Waals surface area contributed by atoms with E-state index in [0.29, 0.717) is 24.7 Å². The number of likely N-dealkylation sites (tertiary alicyclic amines) is 1. The number of fused-ring (bicyclic) bond motifs is 1. The van der Waals surface area contributed by atoms with Crippen molar-refractivity contribution in [2.75, 3.05) is 18.9 Å². The van der Waals surface area contributed by atoms with Gasteiger partial charge in [-0.3, -0.25) is 4.68 Å². The third-order valence-corrected chi connectivity index (χ3v) is 4.85. The van der Waals surface area contributed by atoms with Crippen molar-refractivity contribution in [2.45, 2.75) is 38.8 Å². The molecule has 0 radical (unpaired) electrons.